The molecule has 0 aliphatic carbocycles. The average Bonchev–Trinajstić information content (AvgIpc) is 2.27. The zero-order valence-corrected chi connectivity index (χ0v) is 9.42. The number of hydrogen-bond donors (Lipinski definition) is 0. The molecule has 0 saturated heterocycles. The third kappa shape index (κ3) is 2.89. The van der Waals surface area contributed by atoms with E-state index >= 15 is 0 Å². The Morgan fingerprint density at radius 2 is 1.94 bits per heavy atom. The van der Waals surface area contributed by atoms with Crippen LogP contribution in [0.3, 0.4) is 0 Å². The highest BCUT2D eigenvalue weighted by Crippen LogP contribution is 2.26. The maximum absolute atomic E-state index is 11.0. The molecule has 1 atom stereocenters. The summed E-state index contributed by atoms with van der Waals surface area (Å²) < 4.78 is 0. The van der Waals surface area contributed by atoms with Gasteiger partial charge in [-0.3, -0.25) is 10.1 Å². The molecule has 1 rings (SSSR count). The van der Waals surface area contributed by atoms with E-state index in [4.69, 9.17) is 0 Å². The monoisotopic (exact) mass is 221 g/mol. The van der Waals surface area contributed by atoms with Gasteiger partial charge in [0, 0.05) is 31.1 Å². The molecule has 86 valence electrons. The second-order valence-corrected chi connectivity index (χ2v) is 4.43. The van der Waals surface area contributed by atoms with Crippen LogP contribution in [-0.2, 0) is 4.79 Å². The largest absolute Gasteiger partial charge is 0.303 e. The molecule has 0 bridgehead atoms. The molecule has 0 aliphatic rings. The van der Waals surface area contributed by atoms with Gasteiger partial charge in [-0.2, -0.15) is 0 Å². The van der Waals surface area contributed by atoms with Gasteiger partial charge < -0.3 is 4.79 Å². The summed E-state index contributed by atoms with van der Waals surface area (Å²) in [4.78, 5) is 21.4. The van der Waals surface area contributed by atoms with Crippen molar-refractivity contribution in [3.63, 3.8) is 0 Å². The summed E-state index contributed by atoms with van der Waals surface area (Å²) in [5, 5.41) is 10.8. The van der Waals surface area contributed by atoms with Crippen LogP contribution in [0.2, 0.25) is 0 Å². The van der Waals surface area contributed by atoms with Crippen LogP contribution in [0.5, 0.6) is 0 Å². The van der Waals surface area contributed by atoms with Gasteiger partial charge in [-0.1, -0.05) is 30.3 Å². The lowest BCUT2D eigenvalue weighted by Gasteiger charge is -2.19. The molecule has 0 N–H and O–H groups in total. The van der Waals surface area contributed by atoms with Crippen molar-refractivity contribution >= 4 is 6.29 Å². The van der Waals surface area contributed by atoms with Gasteiger partial charge in [0.15, 0.2) is 0 Å². The molecule has 0 fully saturated rings. The highest BCUT2D eigenvalue weighted by molar-refractivity contribution is 5.62. The predicted octanol–water partition coefficient (Wildman–Crippen LogP) is 2.41. The van der Waals surface area contributed by atoms with Crippen molar-refractivity contribution in [1.82, 2.24) is 0 Å². The maximum atomic E-state index is 11.0. The molecule has 1 aromatic carbocycles. The summed E-state index contributed by atoms with van der Waals surface area (Å²) in [7, 11) is 0. The first-order chi connectivity index (χ1) is 7.47. The molecule has 16 heavy (non-hydrogen) atoms. The number of hydrogen-bond acceptors (Lipinski definition) is 3. The van der Waals surface area contributed by atoms with E-state index in [2.05, 4.69) is 0 Å². The minimum atomic E-state index is -1.08. The van der Waals surface area contributed by atoms with Crippen LogP contribution < -0.4 is 0 Å². The second-order valence-electron chi connectivity index (χ2n) is 4.43. The third-order valence-corrected chi connectivity index (χ3v) is 2.61. The first-order valence-corrected chi connectivity index (χ1v) is 5.12. The van der Waals surface area contributed by atoms with Crippen LogP contribution in [0.1, 0.15) is 31.7 Å². The van der Waals surface area contributed by atoms with Crippen LogP contribution in [0, 0.1) is 10.1 Å². The molecule has 4 nitrogen and oxygen atoms in total. The Morgan fingerprint density at radius 3 is 2.38 bits per heavy atom. The molecule has 4 heteroatoms. The zero-order chi connectivity index (χ0) is 12.2. The molecule has 0 aliphatic heterocycles. The van der Waals surface area contributed by atoms with Gasteiger partial charge in [0.2, 0.25) is 5.54 Å². The molecule has 0 radical (unpaired) electrons. The van der Waals surface area contributed by atoms with Gasteiger partial charge in [0.05, 0.1) is 0 Å². The van der Waals surface area contributed by atoms with Crippen LogP contribution in [0.4, 0.5) is 0 Å². The maximum Gasteiger partial charge on any atom is 0.217 e. The summed E-state index contributed by atoms with van der Waals surface area (Å²) in [5.74, 6) is -0.415. The molecular weight excluding hydrogens is 206 g/mol. The first-order valence-electron chi connectivity index (χ1n) is 5.12. The molecule has 1 aromatic rings. The van der Waals surface area contributed by atoms with E-state index in [1.807, 2.05) is 30.3 Å². The predicted molar refractivity (Wildman–Crippen MR) is 60.9 cm³/mol. The fraction of sp³-hybridized carbons (Fsp3) is 0.417. The van der Waals surface area contributed by atoms with Crippen molar-refractivity contribution < 1.29 is 9.72 Å². The lowest BCUT2D eigenvalue weighted by molar-refractivity contribution is -0.561. The van der Waals surface area contributed by atoms with Gasteiger partial charge in [-0.25, -0.2) is 0 Å². The quantitative estimate of drug-likeness (QED) is 0.436. The number of rotatable bonds is 5. The lowest BCUT2D eigenvalue weighted by atomic mass is 9.87. The summed E-state index contributed by atoms with van der Waals surface area (Å²) in [6.07, 6.45) is 0.994. The summed E-state index contributed by atoms with van der Waals surface area (Å²) >= 11 is 0. The molecule has 0 heterocycles. The molecular formula is C12H15NO3. The Morgan fingerprint density at radius 1 is 1.38 bits per heavy atom. The smallest absolute Gasteiger partial charge is 0.217 e. The topological polar surface area (TPSA) is 60.2 Å². The third-order valence-electron chi connectivity index (χ3n) is 2.61. The van der Waals surface area contributed by atoms with Crippen molar-refractivity contribution in [2.45, 2.75) is 31.7 Å². The van der Waals surface area contributed by atoms with E-state index in [9.17, 15) is 14.9 Å². The van der Waals surface area contributed by atoms with Gasteiger partial charge >= 0.3 is 0 Å². The summed E-state index contributed by atoms with van der Waals surface area (Å²) in [6, 6.07) is 9.13. The Bertz CT molecular complexity index is 373. The van der Waals surface area contributed by atoms with Crippen LogP contribution >= 0.6 is 0 Å². The molecule has 0 aromatic heterocycles. The van der Waals surface area contributed by atoms with Crippen LogP contribution in [-0.4, -0.2) is 16.7 Å². The fourth-order valence-electron chi connectivity index (χ4n) is 1.56. The SMILES string of the molecule is CC(C)(CC(C=O)c1ccccc1)[N+](=O)[O-]. The molecule has 0 saturated carbocycles. The number of aldehydes is 1. The van der Waals surface area contributed by atoms with Crippen molar-refractivity contribution in [1.29, 1.82) is 0 Å². The van der Waals surface area contributed by atoms with Gasteiger partial charge in [0.1, 0.15) is 6.29 Å². The summed E-state index contributed by atoms with van der Waals surface area (Å²) in [6.45, 7) is 3.07. The Balaban J connectivity index is 2.86. The Kier molecular flexibility index (Phi) is 3.77. The average molecular weight is 221 g/mol. The van der Waals surface area contributed by atoms with Crippen molar-refractivity contribution in [3.8, 4) is 0 Å². The standard InChI is InChI=1S/C12H15NO3/c1-12(2,13(15)16)8-11(9-14)10-6-4-3-5-7-10/h3-7,9,11H,8H2,1-2H3. The highest BCUT2D eigenvalue weighted by atomic mass is 16.6. The Hall–Kier alpha value is -1.71. The number of nitro groups is 1. The van der Waals surface area contributed by atoms with E-state index in [0.717, 1.165) is 11.8 Å². The molecule has 1 unspecified atom stereocenters. The number of benzene rings is 1. The highest BCUT2D eigenvalue weighted by Gasteiger charge is 2.34. The number of carbonyl (C=O) groups is 1. The van der Waals surface area contributed by atoms with Gasteiger partial charge in [0.25, 0.3) is 0 Å². The minimum absolute atomic E-state index is 0.216. The molecule has 0 spiro atoms. The van der Waals surface area contributed by atoms with Crippen molar-refractivity contribution in [3.05, 3.63) is 46.0 Å². The van der Waals surface area contributed by atoms with Crippen LogP contribution in [0.15, 0.2) is 30.3 Å². The van der Waals surface area contributed by atoms with E-state index in [1.54, 1.807) is 0 Å². The van der Waals surface area contributed by atoms with E-state index in [0.29, 0.717) is 0 Å². The van der Waals surface area contributed by atoms with Gasteiger partial charge in [-0.05, 0) is 5.56 Å². The van der Waals surface area contributed by atoms with E-state index < -0.39 is 11.5 Å². The van der Waals surface area contributed by atoms with Crippen LogP contribution in [0.25, 0.3) is 0 Å². The fourth-order valence-corrected chi connectivity index (χ4v) is 1.56. The van der Waals surface area contributed by atoms with Gasteiger partial charge in [-0.15, -0.1) is 0 Å². The number of carbonyl (C=O) groups excluding carboxylic acids is 1. The Labute approximate surface area is 94.4 Å². The van der Waals surface area contributed by atoms with E-state index in [-0.39, 0.29) is 11.3 Å². The van der Waals surface area contributed by atoms with Crippen molar-refractivity contribution in [2.24, 2.45) is 0 Å². The zero-order valence-electron chi connectivity index (χ0n) is 9.42. The van der Waals surface area contributed by atoms with Crippen molar-refractivity contribution in [2.75, 3.05) is 0 Å². The number of nitrogens with zero attached hydrogens (tertiary/aromatic N) is 1. The summed E-state index contributed by atoms with van der Waals surface area (Å²) in [5.41, 5.74) is -0.256. The first kappa shape index (κ1) is 12.4. The minimum Gasteiger partial charge on any atom is -0.303 e. The second kappa shape index (κ2) is 4.88. The lowest BCUT2D eigenvalue weighted by Crippen LogP contribution is -2.33. The normalized spacial score (nSPS) is 13.1. The van der Waals surface area contributed by atoms with E-state index in [1.165, 1.54) is 13.8 Å². The molecule has 0 amide bonds.